The molecule has 2 N–H and O–H groups in total. The molecule has 1 aromatic rings. The minimum atomic E-state index is -0.747. The fourth-order valence-corrected chi connectivity index (χ4v) is 4.17. The highest BCUT2D eigenvalue weighted by Gasteiger charge is 2.28. The van der Waals surface area contributed by atoms with Crippen molar-refractivity contribution in [2.75, 3.05) is 19.6 Å². The molecule has 0 amide bonds. The maximum Gasteiger partial charge on any atom is 0.168 e. The van der Waals surface area contributed by atoms with E-state index in [0.717, 1.165) is 63.4 Å². The Morgan fingerprint density at radius 2 is 1.76 bits per heavy atom. The molecule has 1 saturated heterocycles. The second kappa shape index (κ2) is 8.37. The van der Waals surface area contributed by atoms with Crippen molar-refractivity contribution < 1.29 is 13.6 Å². The van der Waals surface area contributed by atoms with Crippen LogP contribution < -0.4 is 5.73 Å². The monoisotopic (exact) mass is 350 g/mol. The van der Waals surface area contributed by atoms with Gasteiger partial charge in [-0.1, -0.05) is 0 Å². The molecule has 2 fully saturated rings. The molecule has 1 aromatic carbocycles. The lowest BCUT2D eigenvalue weighted by Gasteiger charge is -2.33. The molecule has 0 atom stereocenters. The third kappa shape index (κ3) is 4.85. The quantitative estimate of drug-likeness (QED) is 0.823. The van der Waals surface area contributed by atoms with Crippen molar-refractivity contribution in [2.24, 2.45) is 17.6 Å². The first-order valence-corrected chi connectivity index (χ1v) is 9.50. The van der Waals surface area contributed by atoms with Gasteiger partial charge in [0.1, 0.15) is 11.6 Å². The van der Waals surface area contributed by atoms with Crippen LogP contribution in [0.25, 0.3) is 0 Å². The Kier molecular flexibility index (Phi) is 6.18. The molecule has 3 rings (SSSR count). The minimum Gasteiger partial charge on any atom is -0.328 e. The summed E-state index contributed by atoms with van der Waals surface area (Å²) in [6.07, 6.45) is 7.48. The fourth-order valence-electron chi connectivity index (χ4n) is 4.17. The number of carbonyl (C=O) groups excluding carboxylic acids is 1. The van der Waals surface area contributed by atoms with Gasteiger partial charge in [-0.15, -0.1) is 0 Å². The third-order valence-corrected chi connectivity index (χ3v) is 5.90. The van der Waals surface area contributed by atoms with E-state index in [1.54, 1.807) is 0 Å². The molecule has 5 heteroatoms. The summed E-state index contributed by atoms with van der Waals surface area (Å²) in [6, 6.07) is 3.61. The first-order chi connectivity index (χ1) is 12.0. The van der Waals surface area contributed by atoms with Gasteiger partial charge in [-0.05, 0) is 82.6 Å². The largest absolute Gasteiger partial charge is 0.328 e. The summed E-state index contributed by atoms with van der Waals surface area (Å²) in [7, 11) is 0. The van der Waals surface area contributed by atoms with Crippen molar-refractivity contribution in [1.29, 1.82) is 0 Å². The number of carbonyl (C=O) groups is 1. The summed E-state index contributed by atoms with van der Waals surface area (Å²) in [6.45, 7) is 2.84. The van der Waals surface area contributed by atoms with E-state index in [2.05, 4.69) is 4.90 Å². The Hall–Kier alpha value is -1.33. The van der Waals surface area contributed by atoms with Crippen LogP contribution in [-0.4, -0.2) is 36.4 Å². The smallest absolute Gasteiger partial charge is 0.168 e. The zero-order valence-electron chi connectivity index (χ0n) is 14.7. The van der Waals surface area contributed by atoms with Gasteiger partial charge >= 0.3 is 0 Å². The Morgan fingerprint density at radius 1 is 1.08 bits per heavy atom. The van der Waals surface area contributed by atoms with Crippen molar-refractivity contribution in [3.05, 3.63) is 35.4 Å². The average Bonchev–Trinajstić information content (AvgIpc) is 2.61. The number of benzene rings is 1. The van der Waals surface area contributed by atoms with Crippen LogP contribution in [0.2, 0.25) is 0 Å². The molecule has 1 aliphatic heterocycles. The topological polar surface area (TPSA) is 46.3 Å². The third-order valence-electron chi connectivity index (χ3n) is 5.90. The van der Waals surface area contributed by atoms with Crippen molar-refractivity contribution >= 4 is 5.78 Å². The summed E-state index contributed by atoms with van der Waals surface area (Å²) in [4.78, 5) is 14.9. The minimum absolute atomic E-state index is 0.0263. The molecule has 0 bridgehead atoms. The van der Waals surface area contributed by atoms with E-state index in [1.807, 2.05) is 0 Å². The number of hydrogen-bond donors (Lipinski definition) is 1. The maximum absolute atomic E-state index is 13.8. The molecule has 1 saturated carbocycles. The van der Waals surface area contributed by atoms with Crippen LogP contribution in [0.3, 0.4) is 0 Å². The number of likely N-dealkylation sites (tertiary alicyclic amines) is 1. The maximum atomic E-state index is 13.8. The Labute approximate surface area is 148 Å². The number of nitrogens with two attached hydrogens (primary N) is 1. The van der Waals surface area contributed by atoms with Crippen LogP contribution in [0.1, 0.15) is 55.3 Å². The molecule has 0 radical (unpaired) electrons. The summed E-state index contributed by atoms with van der Waals surface area (Å²) >= 11 is 0. The molecular weight excluding hydrogens is 322 g/mol. The van der Waals surface area contributed by atoms with Crippen molar-refractivity contribution in [2.45, 2.75) is 51.0 Å². The van der Waals surface area contributed by atoms with Crippen LogP contribution in [0.5, 0.6) is 0 Å². The summed E-state index contributed by atoms with van der Waals surface area (Å²) in [5.41, 5.74) is 5.98. The van der Waals surface area contributed by atoms with Crippen LogP contribution in [-0.2, 0) is 0 Å². The molecular formula is C20H28F2N2O. The number of hydrogen-bond acceptors (Lipinski definition) is 3. The zero-order valence-corrected chi connectivity index (χ0v) is 14.7. The van der Waals surface area contributed by atoms with E-state index < -0.39 is 11.6 Å². The Balaban J connectivity index is 1.44. The van der Waals surface area contributed by atoms with Gasteiger partial charge in [0.15, 0.2) is 5.78 Å². The Morgan fingerprint density at radius 3 is 2.40 bits per heavy atom. The molecule has 1 heterocycles. The van der Waals surface area contributed by atoms with Gasteiger partial charge in [0.05, 0.1) is 5.56 Å². The van der Waals surface area contributed by atoms with Gasteiger partial charge < -0.3 is 10.6 Å². The van der Waals surface area contributed by atoms with Crippen LogP contribution in [0.15, 0.2) is 18.2 Å². The molecule has 0 aromatic heterocycles. The first kappa shape index (κ1) is 18.5. The van der Waals surface area contributed by atoms with Gasteiger partial charge in [-0.25, -0.2) is 8.78 Å². The van der Waals surface area contributed by atoms with E-state index >= 15 is 0 Å². The standard InChI is InChI=1S/C20H28F2N2O/c21-16-3-6-18(19(22)13-16)20(25)15-8-11-24(12-9-15)10-7-14-1-4-17(23)5-2-14/h3,6,13-15,17H,1-2,4-5,7-12,23H2. The lowest BCUT2D eigenvalue weighted by atomic mass is 9.84. The van der Waals surface area contributed by atoms with E-state index in [1.165, 1.54) is 25.3 Å². The number of rotatable bonds is 5. The van der Waals surface area contributed by atoms with E-state index in [-0.39, 0.29) is 17.3 Å². The van der Waals surface area contributed by atoms with Crippen molar-refractivity contribution in [3.63, 3.8) is 0 Å². The van der Waals surface area contributed by atoms with Gasteiger partial charge in [0.25, 0.3) is 0 Å². The second-order valence-corrected chi connectivity index (χ2v) is 7.67. The van der Waals surface area contributed by atoms with E-state index in [4.69, 9.17) is 5.73 Å². The van der Waals surface area contributed by atoms with Crippen molar-refractivity contribution in [3.8, 4) is 0 Å². The SMILES string of the molecule is NC1CCC(CCN2CCC(C(=O)c3ccc(F)cc3F)CC2)CC1. The highest BCUT2D eigenvalue weighted by molar-refractivity contribution is 5.98. The van der Waals surface area contributed by atoms with Crippen LogP contribution >= 0.6 is 0 Å². The predicted molar refractivity (Wildman–Crippen MR) is 94.4 cm³/mol. The van der Waals surface area contributed by atoms with Gasteiger partial charge in [0.2, 0.25) is 0 Å². The first-order valence-electron chi connectivity index (χ1n) is 9.50. The Bertz CT molecular complexity index is 591. The van der Waals surface area contributed by atoms with E-state index in [9.17, 15) is 13.6 Å². The lowest BCUT2D eigenvalue weighted by Crippen LogP contribution is -2.38. The zero-order chi connectivity index (χ0) is 17.8. The summed E-state index contributed by atoms with van der Waals surface area (Å²) in [5.74, 6) is -0.940. The number of ketones is 1. The van der Waals surface area contributed by atoms with Crippen molar-refractivity contribution in [1.82, 2.24) is 4.90 Å². The normalized spacial score (nSPS) is 25.9. The molecule has 3 nitrogen and oxygen atoms in total. The number of halogens is 2. The van der Waals surface area contributed by atoms with E-state index in [0.29, 0.717) is 6.04 Å². The lowest BCUT2D eigenvalue weighted by molar-refractivity contribution is 0.0828. The van der Waals surface area contributed by atoms with Crippen LogP contribution in [0, 0.1) is 23.5 Å². The van der Waals surface area contributed by atoms with Gasteiger partial charge in [-0.3, -0.25) is 4.79 Å². The average molecular weight is 350 g/mol. The highest BCUT2D eigenvalue weighted by Crippen LogP contribution is 2.28. The molecule has 0 spiro atoms. The molecule has 1 aliphatic carbocycles. The fraction of sp³-hybridized carbons (Fsp3) is 0.650. The highest BCUT2D eigenvalue weighted by atomic mass is 19.1. The number of nitrogens with zero attached hydrogens (tertiary/aromatic N) is 1. The molecule has 0 unspecified atom stereocenters. The molecule has 138 valence electrons. The molecule has 25 heavy (non-hydrogen) atoms. The van der Waals surface area contributed by atoms with Crippen LogP contribution in [0.4, 0.5) is 8.78 Å². The summed E-state index contributed by atoms with van der Waals surface area (Å²) < 4.78 is 26.8. The van der Waals surface area contributed by atoms with Gasteiger partial charge in [0, 0.05) is 18.0 Å². The number of Topliss-reactive ketones (excluding diaryl/α,β-unsaturated/α-hetero) is 1. The second-order valence-electron chi connectivity index (χ2n) is 7.67. The summed E-state index contributed by atoms with van der Waals surface area (Å²) in [5, 5.41) is 0. The van der Waals surface area contributed by atoms with Gasteiger partial charge in [-0.2, -0.15) is 0 Å². The molecule has 2 aliphatic rings. The predicted octanol–water partition coefficient (Wildman–Crippen LogP) is 3.77. The number of piperidine rings is 1.